The lowest BCUT2D eigenvalue weighted by Gasteiger charge is -2.11. The Morgan fingerprint density at radius 3 is 1.54 bits per heavy atom. The zero-order valence-electron chi connectivity index (χ0n) is 26.3. The molecule has 0 N–H and O–H groups in total. The van der Waals surface area contributed by atoms with Crippen LogP contribution in [0.1, 0.15) is 36.1 Å². The van der Waals surface area contributed by atoms with E-state index in [0.29, 0.717) is 0 Å². The molecule has 0 amide bonds. The molecule has 46 heavy (non-hydrogen) atoms. The van der Waals surface area contributed by atoms with Crippen LogP contribution in [0.25, 0.3) is 79.0 Å². The van der Waals surface area contributed by atoms with Crippen molar-refractivity contribution in [3.8, 4) is 11.1 Å². The summed E-state index contributed by atoms with van der Waals surface area (Å²) in [5.74, 6) is 0. The molecule has 0 aliphatic carbocycles. The molecular weight excluding hydrogens is 556 g/mol. The number of fused-ring (bicyclic) bond motifs is 6. The monoisotopic (exact) mass is 592 g/mol. The number of nitrogens with zero attached hydrogens (tertiary/aromatic N) is 2. The Kier molecular flexibility index (Phi) is 7.11. The number of rotatable bonds is 7. The molecule has 2 nitrogen and oxygen atoms in total. The maximum atomic E-state index is 2.41. The molecule has 0 spiro atoms. The van der Waals surface area contributed by atoms with Gasteiger partial charge in [-0.1, -0.05) is 121 Å². The summed E-state index contributed by atoms with van der Waals surface area (Å²) < 4.78 is 4.81. The first kappa shape index (κ1) is 27.9. The second-order valence-electron chi connectivity index (χ2n) is 11.9. The topological polar surface area (TPSA) is 9.86 Å². The fourth-order valence-corrected chi connectivity index (χ4v) is 7.18. The summed E-state index contributed by atoms with van der Waals surface area (Å²) in [6.07, 6.45) is 9.08. The number of hydrogen-bond acceptors (Lipinski definition) is 0. The van der Waals surface area contributed by atoms with Crippen LogP contribution in [0.2, 0.25) is 0 Å². The average molecular weight is 593 g/mol. The van der Waals surface area contributed by atoms with Crippen molar-refractivity contribution >= 4 is 67.9 Å². The smallest absolute Gasteiger partial charge is 0.0491 e. The number of aromatic nitrogens is 2. The van der Waals surface area contributed by atoms with Crippen molar-refractivity contribution in [1.82, 2.24) is 9.13 Å². The van der Waals surface area contributed by atoms with Gasteiger partial charge in [-0.05, 0) is 83.6 Å². The van der Waals surface area contributed by atoms with Crippen LogP contribution < -0.4 is 0 Å². The lowest BCUT2D eigenvalue weighted by Crippen LogP contribution is -1.92. The lowest BCUT2D eigenvalue weighted by molar-refractivity contribution is 0.827. The van der Waals surface area contributed by atoms with Crippen molar-refractivity contribution in [3.63, 3.8) is 0 Å². The highest BCUT2D eigenvalue weighted by Gasteiger charge is 2.12. The summed E-state index contributed by atoms with van der Waals surface area (Å²) in [5, 5.41) is 5.22. The van der Waals surface area contributed by atoms with Crippen LogP contribution in [0.3, 0.4) is 0 Å². The number of aryl methyl sites for hydroxylation is 2. The largest absolute Gasteiger partial charge is 0.341 e. The van der Waals surface area contributed by atoms with Crippen LogP contribution in [0.15, 0.2) is 133 Å². The van der Waals surface area contributed by atoms with Crippen molar-refractivity contribution in [2.45, 2.75) is 26.9 Å². The molecule has 0 saturated heterocycles. The van der Waals surface area contributed by atoms with Crippen molar-refractivity contribution in [1.29, 1.82) is 0 Å². The van der Waals surface area contributed by atoms with Crippen LogP contribution in [0.4, 0.5) is 0 Å². The van der Waals surface area contributed by atoms with E-state index in [1.165, 1.54) is 77.0 Å². The summed E-state index contributed by atoms with van der Waals surface area (Å²) in [5.41, 5.74) is 12.4. The predicted octanol–water partition coefficient (Wildman–Crippen LogP) is 11.9. The first-order valence-corrected chi connectivity index (χ1v) is 16.3. The van der Waals surface area contributed by atoms with E-state index in [2.05, 4.69) is 181 Å². The normalized spacial score (nSPS) is 12.1. The van der Waals surface area contributed by atoms with Crippen LogP contribution >= 0.6 is 0 Å². The van der Waals surface area contributed by atoms with Crippen LogP contribution in [-0.4, -0.2) is 9.13 Å². The van der Waals surface area contributed by atoms with Gasteiger partial charge in [0.15, 0.2) is 0 Å². The van der Waals surface area contributed by atoms with E-state index >= 15 is 0 Å². The minimum absolute atomic E-state index is 0.951. The molecule has 222 valence electrons. The molecule has 8 aromatic rings. The Labute approximate surface area is 270 Å². The molecule has 2 heteroatoms. The molecular formula is C44H36N2. The third-order valence-corrected chi connectivity index (χ3v) is 9.35. The molecule has 0 aliphatic heterocycles. The van der Waals surface area contributed by atoms with E-state index in [0.717, 1.165) is 13.1 Å². The maximum Gasteiger partial charge on any atom is 0.0491 e. The van der Waals surface area contributed by atoms with E-state index < -0.39 is 0 Å². The van der Waals surface area contributed by atoms with E-state index in [-0.39, 0.29) is 0 Å². The van der Waals surface area contributed by atoms with Gasteiger partial charge in [-0.25, -0.2) is 0 Å². The fourth-order valence-electron chi connectivity index (χ4n) is 7.18. The zero-order chi connectivity index (χ0) is 31.0. The summed E-state index contributed by atoms with van der Waals surface area (Å²) in [6.45, 7) is 6.34. The number of hydrogen-bond donors (Lipinski definition) is 0. The molecule has 0 radical (unpaired) electrons. The van der Waals surface area contributed by atoms with Crippen LogP contribution in [0, 0.1) is 0 Å². The Morgan fingerprint density at radius 2 is 0.957 bits per heavy atom. The lowest BCUT2D eigenvalue weighted by atomic mass is 9.94. The Bertz CT molecular complexity index is 2430. The highest BCUT2D eigenvalue weighted by molar-refractivity contribution is 6.10. The number of benzene rings is 6. The van der Waals surface area contributed by atoms with Gasteiger partial charge in [0, 0.05) is 56.7 Å². The molecule has 0 saturated carbocycles. The Hall–Kier alpha value is -5.60. The second kappa shape index (κ2) is 11.7. The van der Waals surface area contributed by atoms with Gasteiger partial charge in [-0.2, -0.15) is 0 Å². The van der Waals surface area contributed by atoms with Gasteiger partial charge in [0.25, 0.3) is 0 Å². The third-order valence-electron chi connectivity index (χ3n) is 9.35. The van der Waals surface area contributed by atoms with Crippen molar-refractivity contribution < 1.29 is 0 Å². The summed E-state index contributed by atoms with van der Waals surface area (Å²) in [6, 6.07) is 48.5. The van der Waals surface area contributed by atoms with Crippen molar-refractivity contribution in [2.75, 3.05) is 0 Å². The second-order valence-corrected chi connectivity index (χ2v) is 11.9. The van der Waals surface area contributed by atoms with E-state index in [1.54, 1.807) is 0 Å². The molecule has 8 rings (SSSR count). The van der Waals surface area contributed by atoms with E-state index in [4.69, 9.17) is 0 Å². The highest BCUT2D eigenvalue weighted by Crippen LogP contribution is 2.33. The standard InChI is InChI=1S/C44H36N2/c1-3-45-41-19-10-8-16-37(41)39-29-31(23-27-43(39)45)21-25-34-15-12-18-35(33-13-6-5-7-14-33)36(34)26-22-32-24-28-44-40(30-32)38-17-9-11-20-42(38)46(44)4-2/h5-30H,3-4H2,1-2H3. The third kappa shape index (κ3) is 4.74. The molecule has 0 aliphatic rings. The molecule has 0 fully saturated rings. The van der Waals surface area contributed by atoms with Crippen LogP contribution in [-0.2, 0) is 13.1 Å². The molecule has 2 heterocycles. The minimum Gasteiger partial charge on any atom is -0.341 e. The molecule has 0 atom stereocenters. The van der Waals surface area contributed by atoms with E-state index in [1.807, 2.05) is 0 Å². The number of para-hydroxylation sites is 2. The molecule has 0 unspecified atom stereocenters. The quantitative estimate of drug-likeness (QED) is 0.163. The predicted molar refractivity (Wildman–Crippen MR) is 200 cm³/mol. The van der Waals surface area contributed by atoms with Gasteiger partial charge in [0.2, 0.25) is 0 Å². The Morgan fingerprint density at radius 1 is 0.435 bits per heavy atom. The molecule has 6 aromatic carbocycles. The first-order valence-electron chi connectivity index (χ1n) is 16.3. The van der Waals surface area contributed by atoms with Crippen LogP contribution in [0.5, 0.6) is 0 Å². The van der Waals surface area contributed by atoms with Gasteiger partial charge in [-0.3, -0.25) is 0 Å². The summed E-state index contributed by atoms with van der Waals surface area (Å²) >= 11 is 0. The van der Waals surface area contributed by atoms with Gasteiger partial charge >= 0.3 is 0 Å². The van der Waals surface area contributed by atoms with Gasteiger partial charge in [-0.15, -0.1) is 0 Å². The molecule has 2 aromatic heterocycles. The average Bonchev–Trinajstić information content (AvgIpc) is 3.61. The van der Waals surface area contributed by atoms with Crippen molar-refractivity contribution in [3.05, 3.63) is 156 Å². The maximum absolute atomic E-state index is 2.41. The Balaban J connectivity index is 1.22. The first-order chi connectivity index (χ1) is 22.7. The highest BCUT2D eigenvalue weighted by atomic mass is 15.0. The fraction of sp³-hybridized carbons (Fsp3) is 0.0909. The summed E-state index contributed by atoms with van der Waals surface area (Å²) in [4.78, 5) is 0. The zero-order valence-corrected chi connectivity index (χ0v) is 26.3. The minimum atomic E-state index is 0.951. The van der Waals surface area contributed by atoms with Gasteiger partial charge < -0.3 is 9.13 Å². The van der Waals surface area contributed by atoms with Gasteiger partial charge in [0.1, 0.15) is 0 Å². The molecule has 0 bridgehead atoms. The van der Waals surface area contributed by atoms with Crippen molar-refractivity contribution in [2.24, 2.45) is 0 Å². The summed E-state index contributed by atoms with van der Waals surface area (Å²) in [7, 11) is 0. The van der Waals surface area contributed by atoms with Gasteiger partial charge in [0.05, 0.1) is 0 Å². The van der Waals surface area contributed by atoms with E-state index in [9.17, 15) is 0 Å². The SMILES string of the molecule is CCn1c2ccccc2c2cc(C=Cc3cccc(-c4ccccc4)c3C=Cc3ccc4c(c3)c3ccccc3n4CC)ccc21.